The van der Waals surface area contributed by atoms with Crippen LogP contribution in [0, 0.1) is 0 Å². The summed E-state index contributed by atoms with van der Waals surface area (Å²) in [5.74, 6) is 0. The quantitative estimate of drug-likeness (QED) is 0.650. The third-order valence-electron chi connectivity index (χ3n) is 1.61. The standard InChI is InChI=1S/C10H9BrO2/c11-10-4-3-8(2-1-5-12)6-9(10)7-13/h1-6,13H,7H2. The third kappa shape index (κ3) is 2.79. The molecule has 0 aliphatic heterocycles. The molecule has 1 aromatic rings. The molecule has 0 bridgehead atoms. The van der Waals surface area contributed by atoms with Crippen LogP contribution in [0.5, 0.6) is 0 Å². The lowest BCUT2D eigenvalue weighted by atomic mass is 10.1. The van der Waals surface area contributed by atoms with Crippen LogP contribution < -0.4 is 0 Å². The second-order valence-corrected chi connectivity index (χ2v) is 3.36. The largest absolute Gasteiger partial charge is 0.392 e. The fourth-order valence-electron chi connectivity index (χ4n) is 0.970. The van der Waals surface area contributed by atoms with E-state index in [-0.39, 0.29) is 6.61 Å². The molecule has 0 saturated carbocycles. The molecular weight excluding hydrogens is 232 g/mol. The molecule has 68 valence electrons. The topological polar surface area (TPSA) is 37.3 Å². The van der Waals surface area contributed by atoms with Crippen LogP contribution in [0.1, 0.15) is 11.1 Å². The van der Waals surface area contributed by atoms with Gasteiger partial charge < -0.3 is 5.11 Å². The van der Waals surface area contributed by atoms with Crippen LogP contribution in [0.15, 0.2) is 28.7 Å². The second kappa shape index (κ2) is 4.94. The first-order chi connectivity index (χ1) is 6.27. The van der Waals surface area contributed by atoms with Gasteiger partial charge in [-0.2, -0.15) is 0 Å². The highest BCUT2D eigenvalue weighted by atomic mass is 79.9. The molecule has 0 amide bonds. The van der Waals surface area contributed by atoms with E-state index in [2.05, 4.69) is 15.9 Å². The minimum Gasteiger partial charge on any atom is -0.392 e. The van der Waals surface area contributed by atoms with E-state index in [0.29, 0.717) is 0 Å². The summed E-state index contributed by atoms with van der Waals surface area (Å²) < 4.78 is 0.873. The van der Waals surface area contributed by atoms with Gasteiger partial charge in [-0.1, -0.05) is 28.1 Å². The Morgan fingerprint density at radius 2 is 2.23 bits per heavy atom. The average Bonchev–Trinajstić information content (AvgIpc) is 2.16. The van der Waals surface area contributed by atoms with Crippen molar-refractivity contribution in [3.05, 3.63) is 39.9 Å². The Hall–Kier alpha value is -0.930. The Bertz CT molecular complexity index is 332. The molecular formula is C10H9BrO2. The zero-order chi connectivity index (χ0) is 9.68. The van der Waals surface area contributed by atoms with E-state index in [9.17, 15) is 4.79 Å². The summed E-state index contributed by atoms with van der Waals surface area (Å²) in [4.78, 5) is 10.1. The normalized spacial score (nSPS) is 10.6. The minimum absolute atomic E-state index is 0.0106. The Labute approximate surface area is 85.0 Å². The van der Waals surface area contributed by atoms with Crippen molar-refractivity contribution in [3.8, 4) is 0 Å². The van der Waals surface area contributed by atoms with Gasteiger partial charge in [-0.3, -0.25) is 4.79 Å². The molecule has 0 radical (unpaired) electrons. The maximum atomic E-state index is 10.1. The number of hydrogen-bond donors (Lipinski definition) is 1. The molecule has 0 saturated heterocycles. The first kappa shape index (κ1) is 10.2. The number of allylic oxidation sites excluding steroid dienone is 1. The molecule has 1 rings (SSSR count). The van der Waals surface area contributed by atoms with E-state index in [4.69, 9.17) is 5.11 Å². The number of aliphatic hydroxyl groups excluding tert-OH is 1. The molecule has 0 fully saturated rings. The third-order valence-corrected chi connectivity index (χ3v) is 2.38. The molecule has 0 aliphatic rings. The zero-order valence-electron chi connectivity index (χ0n) is 6.90. The highest BCUT2D eigenvalue weighted by molar-refractivity contribution is 9.10. The predicted octanol–water partition coefficient (Wildman–Crippen LogP) is 2.15. The molecule has 0 spiro atoms. The van der Waals surface area contributed by atoms with Crippen molar-refractivity contribution >= 4 is 28.3 Å². The van der Waals surface area contributed by atoms with Gasteiger partial charge in [0, 0.05) is 4.47 Å². The van der Waals surface area contributed by atoms with Crippen molar-refractivity contribution < 1.29 is 9.90 Å². The number of halogens is 1. The molecule has 0 aromatic heterocycles. The summed E-state index contributed by atoms with van der Waals surface area (Å²) >= 11 is 3.31. The van der Waals surface area contributed by atoms with Crippen LogP contribution in [0.4, 0.5) is 0 Å². The minimum atomic E-state index is -0.0106. The van der Waals surface area contributed by atoms with Crippen LogP contribution in [-0.4, -0.2) is 11.4 Å². The molecule has 3 heteroatoms. The van der Waals surface area contributed by atoms with E-state index in [1.165, 1.54) is 6.08 Å². The van der Waals surface area contributed by atoms with Crippen LogP contribution >= 0.6 is 15.9 Å². The van der Waals surface area contributed by atoms with Crippen LogP contribution in [0.2, 0.25) is 0 Å². The second-order valence-electron chi connectivity index (χ2n) is 2.50. The molecule has 13 heavy (non-hydrogen) atoms. The first-order valence-electron chi connectivity index (χ1n) is 3.79. The summed E-state index contributed by atoms with van der Waals surface area (Å²) in [6, 6.07) is 5.53. The van der Waals surface area contributed by atoms with E-state index < -0.39 is 0 Å². The maximum absolute atomic E-state index is 10.1. The van der Waals surface area contributed by atoms with Gasteiger partial charge in [0.15, 0.2) is 0 Å². The van der Waals surface area contributed by atoms with E-state index in [1.807, 2.05) is 18.2 Å². The van der Waals surface area contributed by atoms with Crippen LogP contribution in [-0.2, 0) is 11.4 Å². The smallest absolute Gasteiger partial charge is 0.142 e. The average molecular weight is 241 g/mol. The summed E-state index contributed by atoms with van der Waals surface area (Å²) in [6.07, 6.45) is 3.84. The van der Waals surface area contributed by atoms with Crippen LogP contribution in [0.25, 0.3) is 6.08 Å². The van der Waals surface area contributed by atoms with Crippen molar-refractivity contribution in [2.24, 2.45) is 0 Å². The molecule has 0 aliphatic carbocycles. The molecule has 1 aromatic carbocycles. The molecule has 0 unspecified atom stereocenters. The van der Waals surface area contributed by atoms with Gasteiger partial charge in [0.1, 0.15) is 6.29 Å². The van der Waals surface area contributed by atoms with Crippen molar-refractivity contribution in [2.75, 3.05) is 0 Å². The molecule has 2 nitrogen and oxygen atoms in total. The fraction of sp³-hybridized carbons (Fsp3) is 0.100. The van der Waals surface area contributed by atoms with Gasteiger partial charge in [0.05, 0.1) is 6.61 Å². The van der Waals surface area contributed by atoms with Crippen molar-refractivity contribution in [3.63, 3.8) is 0 Å². The van der Waals surface area contributed by atoms with E-state index in [1.54, 1.807) is 6.08 Å². The van der Waals surface area contributed by atoms with E-state index >= 15 is 0 Å². The SMILES string of the molecule is O=CC=Cc1ccc(Br)c(CO)c1. The Morgan fingerprint density at radius 3 is 2.85 bits per heavy atom. The number of benzene rings is 1. The Kier molecular flexibility index (Phi) is 3.86. The highest BCUT2D eigenvalue weighted by Gasteiger charge is 1.97. The number of aldehydes is 1. The number of aliphatic hydroxyl groups is 1. The fourth-order valence-corrected chi connectivity index (χ4v) is 1.34. The summed E-state index contributed by atoms with van der Waals surface area (Å²) in [7, 11) is 0. The summed E-state index contributed by atoms with van der Waals surface area (Å²) in [5, 5.41) is 8.94. The first-order valence-corrected chi connectivity index (χ1v) is 4.58. The van der Waals surface area contributed by atoms with Crippen molar-refractivity contribution in [1.82, 2.24) is 0 Å². The molecule has 0 heterocycles. The lowest BCUT2D eigenvalue weighted by molar-refractivity contribution is -0.104. The van der Waals surface area contributed by atoms with Crippen molar-refractivity contribution in [2.45, 2.75) is 6.61 Å². The maximum Gasteiger partial charge on any atom is 0.142 e. The number of hydrogen-bond acceptors (Lipinski definition) is 2. The summed E-state index contributed by atoms with van der Waals surface area (Å²) in [5.41, 5.74) is 1.72. The molecule has 1 N–H and O–H groups in total. The van der Waals surface area contributed by atoms with Gasteiger partial charge in [-0.05, 0) is 29.3 Å². The number of rotatable bonds is 3. The lowest BCUT2D eigenvalue weighted by Crippen LogP contribution is -1.85. The lowest BCUT2D eigenvalue weighted by Gasteiger charge is -2.01. The Balaban J connectivity index is 2.99. The number of carbonyl (C=O) groups is 1. The number of carbonyl (C=O) groups excluding carboxylic acids is 1. The molecule has 0 atom stereocenters. The van der Waals surface area contributed by atoms with Gasteiger partial charge in [-0.15, -0.1) is 0 Å². The van der Waals surface area contributed by atoms with Gasteiger partial charge in [0.25, 0.3) is 0 Å². The van der Waals surface area contributed by atoms with Crippen molar-refractivity contribution in [1.29, 1.82) is 0 Å². The summed E-state index contributed by atoms with van der Waals surface area (Å²) in [6.45, 7) is -0.0106. The van der Waals surface area contributed by atoms with Gasteiger partial charge >= 0.3 is 0 Å². The predicted molar refractivity (Wildman–Crippen MR) is 55.2 cm³/mol. The van der Waals surface area contributed by atoms with Gasteiger partial charge in [-0.25, -0.2) is 0 Å². The zero-order valence-corrected chi connectivity index (χ0v) is 8.49. The Morgan fingerprint density at radius 1 is 1.46 bits per heavy atom. The van der Waals surface area contributed by atoms with Gasteiger partial charge in [0.2, 0.25) is 0 Å². The van der Waals surface area contributed by atoms with E-state index in [0.717, 1.165) is 21.9 Å². The monoisotopic (exact) mass is 240 g/mol. The highest BCUT2D eigenvalue weighted by Crippen LogP contribution is 2.18. The van der Waals surface area contributed by atoms with Crippen LogP contribution in [0.3, 0.4) is 0 Å².